The first-order valence-corrected chi connectivity index (χ1v) is 8.03. The number of hydrogen-bond acceptors (Lipinski definition) is 4. The van der Waals surface area contributed by atoms with E-state index in [0.29, 0.717) is 29.9 Å². The van der Waals surface area contributed by atoms with Gasteiger partial charge in [0, 0.05) is 6.54 Å². The molecule has 1 aliphatic carbocycles. The summed E-state index contributed by atoms with van der Waals surface area (Å²) in [7, 11) is 0. The van der Waals surface area contributed by atoms with Crippen molar-refractivity contribution in [1.29, 1.82) is 0 Å². The number of benzene rings is 1. The maximum absolute atomic E-state index is 12.9. The zero-order chi connectivity index (χ0) is 17.4. The highest BCUT2D eigenvalue weighted by Crippen LogP contribution is 2.41. The molecule has 2 atom stereocenters. The third-order valence-electron chi connectivity index (χ3n) is 4.61. The van der Waals surface area contributed by atoms with Gasteiger partial charge in [-0.1, -0.05) is 12.1 Å². The molecule has 1 fully saturated rings. The Kier molecular flexibility index (Phi) is 4.38. The molecule has 3 rings (SSSR count). The van der Waals surface area contributed by atoms with Crippen LogP contribution < -0.4 is 5.32 Å². The number of halogens is 3. The van der Waals surface area contributed by atoms with E-state index in [9.17, 15) is 18.3 Å². The Labute approximate surface area is 138 Å². The Bertz CT molecular complexity index is 735. The molecule has 1 aromatic heterocycles. The summed E-state index contributed by atoms with van der Waals surface area (Å²) >= 11 is 0. The maximum atomic E-state index is 12.9. The van der Waals surface area contributed by atoms with Gasteiger partial charge in [0.05, 0.1) is 28.2 Å². The lowest BCUT2D eigenvalue weighted by molar-refractivity contribution is -0.199. The van der Waals surface area contributed by atoms with Crippen LogP contribution in [-0.2, 0) is 0 Å². The van der Waals surface area contributed by atoms with E-state index in [1.54, 1.807) is 6.92 Å². The van der Waals surface area contributed by atoms with Crippen LogP contribution >= 0.6 is 0 Å². The molecule has 2 N–H and O–H groups in total. The van der Waals surface area contributed by atoms with E-state index in [1.165, 1.54) is 0 Å². The molecule has 4 nitrogen and oxygen atoms in total. The number of fused-ring (bicyclic) bond motifs is 1. The quantitative estimate of drug-likeness (QED) is 0.892. The first kappa shape index (κ1) is 17.0. The van der Waals surface area contributed by atoms with Gasteiger partial charge < -0.3 is 10.4 Å². The highest BCUT2D eigenvalue weighted by molar-refractivity contribution is 5.76. The number of aromatic nitrogens is 2. The highest BCUT2D eigenvalue weighted by Gasteiger charge is 2.46. The van der Waals surface area contributed by atoms with Crippen molar-refractivity contribution in [2.75, 3.05) is 11.9 Å². The molecule has 1 aromatic carbocycles. The van der Waals surface area contributed by atoms with E-state index in [4.69, 9.17) is 0 Å². The fraction of sp³-hybridized carbons (Fsp3) is 0.529. The average Bonchev–Trinajstić information content (AvgIpc) is 2.52. The van der Waals surface area contributed by atoms with Crippen molar-refractivity contribution in [3.8, 4) is 0 Å². The summed E-state index contributed by atoms with van der Waals surface area (Å²) in [6, 6.07) is 7.38. The predicted octanol–water partition coefficient (Wildman–Crippen LogP) is 3.83. The van der Waals surface area contributed by atoms with E-state index < -0.39 is 17.7 Å². The van der Waals surface area contributed by atoms with Crippen LogP contribution in [-0.4, -0.2) is 33.4 Å². The molecule has 24 heavy (non-hydrogen) atoms. The van der Waals surface area contributed by atoms with Crippen molar-refractivity contribution < 1.29 is 18.3 Å². The van der Waals surface area contributed by atoms with Gasteiger partial charge in [-0.3, -0.25) is 0 Å². The zero-order valence-corrected chi connectivity index (χ0v) is 13.4. The van der Waals surface area contributed by atoms with Crippen molar-refractivity contribution >= 4 is 16.9 Å². The second kappa shape index (κ2) is 6.20. The number of alkyl halides is 3. The summed E-state index contributed by atoms with van der Waals surface area (Å²) in [6.45, 7) is 1.82. The molecule has 1 aliphatic rings. The summed E-state index contributed by atoms with van der Waals surface area (Å²) in [5.41, 5.74) is 0.738. The minimum atomic E-state index is -4.26. The molecule has 0 bridgehead atoms. The summed E-state index contributed by atoms with van der Waals surface area (Å²) in [4.78, 5) is 8.88. The molecule has 2 unspecified atom stereocenters. The van der Waals surface area contributed by atoms with Crippen molar-refractivity contribution in [3.63, 3.8) is 0 Å². The topological polar surface area (TPSA) is 58.0 Å². The highest BCUT2D eigenvalue weighted by atomic mass is 19.4. The van der Waals surface area contributed by atoms with E-state index in [0.717, 1.165) is 5.52 Å². The standard InChI is InChI=1S/C17H20F3N3O/c1-11-15(23-14-7-3-2-6-13(14)22-11)21-10-16(24)8-4-5-12(9-16)17(18,19)20/h2-3,6-7,12,24H,4-5,8-10H2,1H3,(H,21,23). The molecule has 1 heterocycles. The van der Waals surface area contributed by atoms with E-state index in [-0.39, 0.29) is 19.4 Å². The average molecular weight is 339 g/mol. The third-order valence-corrected chi connectivity index (χ3v) is 4.61. The van der Waals surface area contributed by atoms with E-state index >= 15 is 0 Å². The van der Waals surface area contributed by atoms with Crippen molar-refractivity contribution in [3.05, 3.63) is 30.0 Å². The van der Waals surface area contributed by atoms with Crippen molar-refractivity contribution in [1.82, 2.24) is 9.97 Å². The Morgan fingerprint density at radius 1 is 1.25 bits per heavy atom. The lowest BCUT2D eigenvalue weighted by atomic mass is 9.77. The summed E-state index contributed by atoms with van der Waals surface area (Å²) in [5, 5.41) is 13.6. The number of nitrogens with one attached hydrogen (secondary N) is 1. The van der Waals surface area contributed by atoms with Crippen LogP contribution in [0.4, 0.5) is 19.0 Å². The molecule has 130 valence electrons. The minimum absolute atomic E-state index is 0.0352. The molecule has 0 aliphatic heterocycles. The predicted molar refractivity (Wildman–Crippen MR) is 85.7 cm³/mol. The molecule has 0 amide bonds. The van der Waals surface area contributed by atoms with Crippen LogP contribution in [0.5, 0.6) is 0 Å². The number of rotatable bonds is 3. The van der Waals surface area contributed by atoms with Gasteiger partial charge in [-0.15, -0.1) is 0 Å². The molecule has 7 heteroatoms. The first-order valence-electron chi connectivity index (χ1n) is 8.03. The van der Waals surface area contributed by atoms with Crippen LogP contribution in [0.1, 0.15) is 31.4 Å². The van der Waals surface area contributed by atoms with Crippen LogP contribution in [0.2, 0.25) is 0 Å². The molecule has 0 radical (unpaired) electrons. The van der Waals surface area contributed by atoms with E-state index in [2.05, 4.69) is 15.3 Å². The maximum Gasteiger partial charge on any atom is 0.391 e. The Morgan fingerprint density at radius 2 is 1.92 bits per heavy atom. The van der Waals surface area contributed by atoms with Crippen molar-refractivity contribution in [2.45, 2.75) is 44.4 Å². The smallest absolute Gasteiger partial charge is 0.388 e. The number of nitrogens with zero attached hydrogens (tertiary/aromatic N) is 2. The molecular weight excluding hydrogens is 319 g/mol. The zero-order valence-electron chi connectivity index (χ0n) is 13.4. The molecule has 0 saturated heterocycles. The van der Waals surface area contributed by atoms with Gasteiger partial charge in [-0.2, -0.15) is 13.2 Å². The molecule has 2 aromatic rings. The van der Waals surface area contributed by atoms with Crippen LogP contribution in [0.3, 0.4) is 0 Å². The lowest BCUT2D eigenvalue weighted by Gasteiger charge is -2.37. The number of hydrogen-bond donors (Lipinski definition) is 2. The third kappa shape index (κ3) is 3.61. The normalized spacial score (nSPS) is 25.0. The summed E-state index contributed by atoms with van der Waals surface area (Å²) in [6.07, 6.45) is -3.73. The van der Waals surface area contributed by atoms with Gasteiger partial charge in [0.25, 0.3) is 0 Å². The van der Waals surface area contributed by atoms with E-state index in [1.807, 2.05) is 24.3 Å². The Balaban J connectivity index is 1.74. The van der Waals surface area contributed by atoms with Gasteiger partial charge in [-0.25, -0.2) is 9.97 Å². The van der Waals surface area contributed by atoms with Gasteiger partial charge in [0.2, 0.25) is 0 Å². The monoisotopic (exact) mass is 339 g/mol. The Hall–Kier alpha value is -1.89. The van der Waals surface area contributed by atoms with Gasteiger partial charge in [-0.05, 0) is 44.7 Å². The fourth-order valence-corrected chi connectivity index (χ4v) is 3.28. The Morgan fingerprint density at radius 3 is 2.58 bits per heavy atom. The molecule has 0 spiro atoms. The lowest BCUT2D eigenvalue weighted by Crippen LogP contribution is -2.45. The minimum Gasteiger partial charge on any atom is -0.388 e. The van der Waals surface area contributed by atoms with Crippen molar-refractivity contribution in [2.24, 2.45) is 5.92 Å². The first-order chi connectivity index (χ1) is 11.3. The van der Waals surface area contributed by atoms with Crippen LogP contribution in [0.25, 0.3) is 11.0 Å². The second-order valence-corrected chi connectivity index (χ2v) is 6.56. The SMILES string of the molecule is Cc1nc2ccccc2nc1NCC1(O)CCCC(C(F)(F)F)C1. The van der Waals surface area contributed by atoms with Gasteiger partial charge in [0.1, 0.15) is 5.82 Å². The number of anilines is 1. The number of aliphatic hydroxyl groups is 1. The number of para-hydroxylation sites is 2. The number of aryl methyl sites for hydroxylation is 1. The molecule has 1 saturated carbocycles. The van der Waals surface area contributed by atoms with Gasteiger partial charge in [0.15, 0.2) is 0 Å². The summed E-state index contributed by atoms with van der Waals surface area (Å²) < 4.78 is 38.8. The molecular formula is C17H20F3N3O. The largest absolute Gasteiger partial charge is 0.391 e. The van der Waals surface area contributed by atoms with Gasteiger partial charge >= 0.3 is 6.18 Å². The van der Waals surface area contributed by atoms with Crippen LogP contribution in [0.15, 0.2) is 24.3 Å². The second-order valence-electron chi connectivity index (χ2n) is 6.56. The van der Waals surface area contributed by atoms with Crippen LogP contribution in [0, 0.1) is 12.8 Å². The summed E-state index contributed by atoms with van der Waals surface area (Å²) in [5.74, 6) is -0.946. The fourth-order valence-electron chi connectivity index (χ4n) is 3.28.